The summed E-state index contributed by atoms with van der Waals surface area (Å²) >= 11 is 4.04. The maximum absolute atomic E-state index is 12.0. The highest BCUT2D eigenvalue weighted by molar-refractivity contribution is 7.80. The molecule has 3 unspecified atom stereocenters. The van der Waals surface area contributed by atoms with Gasteiger partial charge in [0.2, 0.25) is 11.7 Å². The number of carboxylic acids is 1. The standard InChI is InChI=1S/C22H37NO15S.C3H8O3/c1-9-7-35-22(20(30)31,5-11(9)26)38-21(32)8-34-19(15(28)17(21)29)37-16-12(6-24)36-18(33-3-4-39)13(14(16)27)23-10(2)25;4-1-3(6)2-5/h9,11-19,24,26-29,32,39H,3-8H2,1-2H3,(H,23,25)(H,30,31);3-6H,1-2H2/t9-,11+,12?,13-,14+,15-,16+,17+,18?,19?,21+,22-;/m0./s1. The van der Waals surface area contributed by atoms with E-state index in [-0.39, 0.29) is 26.4 Å². The van der Waals surface area contributed by atoms with Crippen molar-refractivity contribution in [3.05, 3.63) is 0 Å². The molecule has 12 atom stereocenters. The lowest BCUT2D eigenvalue weighted by Crippen LogP contribution is -2.70. The molecule has 0 bridgehead atoms. The molecule has 20 heteroatoms. The van der Waals surface area contributed by atoms with Crippen molar-refractivity contribution in [1.82, 2.24) is 5.32 Å². The van der Waals surface area contributed by atoms with E-state index in [1.807, 2.05) is 0 Å². The smallest absolute Gasteiger partial charge is 0.364 e. The molecule has 0 radical (unpaired) electrons. The van der Waals surface area contributed by atoms with Gasteiger partial charge in [0, 0.05) is 25.0 Å². The number of carbonyl (C=O) groups is 2. The van der Waals surface area contributed by atoms with E-state index in [1.165, 1.54) is 6.92 Å². The van der Waals surface area contributed by atoms with E-state index in [4.69, 9.17) is 43.7 Å². The monoisotopic (exact) mass is 679 g/mol. The highest BCUT2D eigenvalue weighted by Gasteiger charge is 2.59. The molecular formula is C25H45NO18S. The van der Waals surface area contributed by atoms with Gasteiger partial charge in [0.1, 0.15) is 49.3 Å². The number of hydrogen-bond acceptors (Lipinski definition) is 18. The lowest BCUT2D eigenvalue weighted by Gasteiger charge is -2.49. The molecule has 3 heterocycles. The molecule has 0 spiro atoms. The second kappa shape index (κ2) is 17.7. The van der Waals surface area contributed by atoms with Crippen LogP contribution in [0.4, 0.5) is 0 Å². The number of carbonyl (C=O) groups excluding carboxylic acids is 1. The van der Waals surface area contributed by atoms with E-state index in [0.29, 0.717) is 5.75 Å². The number of rotatable bonds is 12. The first-order valence-electron chi connectivity index (χ1n) is 14.0. The van der Waals surface area contributed by atoms with Gasteiger partial charge in [0.15, 0.2) is 12.6 Å². The van der Waals surface area contributed by atoms with Crippen molar-refractivity contribution in [2.75, 3.05) is 45.4 Å². The van der Waals surface area contributed by atoms with Crippen LogP contribution in [0, 0.1) is 5.92 Å². The molecule has 0 aromatic rings. The molecular weight excluding hydrogens is 634 g/mol. The average molecular weight is 680 g/mol. The second-order valence-corrected chi connectivity index (χ2v) is 11.3. The Morgan fingerprint density at radius 1 is 1.09 bits per heavy atom. The van der Waals surface area contributed by atoms with E-state index in [2.05, 4.69) is 17.9 Å². The predicted octanol–water partition coefficient (Wildman–Crippen LogP) is -5.79. The zero-order chi connectivity index (χ0) is 34.1. The Kier molecular flexibility index (Phi) is 15.7. The van der Waals surface area contributed by atoms with Crippen LogP contribution >= 0.6 is 12.6 Å². The molecule has 19 nitrogen and oxygen atoms in total. The Balaban J connectivity index is 0.00000107. The molecule has 0 saturated carbocycles. The molecule has 0 aromatic heterocycles. The molecule has 11 N–H and O–H groups in total. The van der Waals surface area contributed by atoms with Crippen molar-refractivity contribution in [2.45, 2.75) is 93.2 Å². The van der Waals surface area contributed by atoms with E-state index < -0.39 is 110 Å². The number of aliphatic hydroxyl groups is 9. The number of nitrogens with one attached hydrogen (secondary N) is 1. The molecule has 1 amide bonds. The number of aliphatic hydroxyl groups excluding tert-OH is 8. The van der Waals surface area contributed by atoms with Gasteiger partial charge in [0.05, 0.1) is 39.1 Å². The SMILES string of the molecule is CC(=O)N[C@@H]1C(OCCS)OC(CO)[C@@H](OC2OC[C@@](O)(O[C@]3(C(=O)O)C[C@@H](O)[C@@H](C)CO3)[C@H](O)[C@@H]2O)[C@@H]1O.OCC(O)CO. The summed E-state index contributed by atoms with van der Waals surface area (Å²) in [6.07, 6.45) is -14.2. The fraction of sp³-hybridized carbons (Fsp3) is 0.920. The molecule has 264 valence electrons. The molecule has 3 saturated heterocycles. The van der Waals surface area contributed by atoms with Gasteiger partial charge in [-0.2, -0.15) is 12.6 Å². The minimum absolute atomic E-state index is 0.0902. The molecule has 3 fully saturated rings. The van der Waals surface area contributed by atoms with Crippen molar-refractivity contribution in [2.24, 2.45) is 5.92 Å². The van der Waals surface area contributed by atoms with Crippen LogP contribution in [0.15, 0.2) is 0 Å². The van der Waals surface area contributed by atoms with Gasteiger partial charge >= 0.3 is 5.97 Å². The highest BCUT2D eigenvalue weighted by Crippen LogP contribution is 2.38. The first-order valence-corrected chi connectivity index (χ1v) is 14.7. The molecule has 3 aliphatic rings. The van der Waals surface area contributed by atoms with Gasteiger partial charge in [-0.3, -0.25) is 4.79 Å². The van der Waals surface area contributed by atoms with Gasteiger partial charge in [-0.15, -0.1) is 0 Å². The van der Waals surface area contributed by atoms with Crippen LogP contribution in [-0.2, 0) is 38.0 Å². The second-order valence-electron chi connectivity index (χ2n) is 10.8. The number of thiol groups is 1. The minimum Gasteiger partial charge on any atom is -0.477 e. The van der Waals surface area contributed by atoms with E-state index >= 15 is 0 Å². The zero-order valence-electron chi connectivity index (χ0n) is 24.7. The summed E-state index contributed by atoms with van der Waals surface area (Å²) < 4.78 is 32.7. The number of amides is 1. The quantitative estimate of drug-likeness (QED) is 0.0675. The van der Waals surface area contributed by atoms with Gasteiger partial charge in [-0.25, -0.2) is 4.79 Å². The molecule has 0 aromatic carbocycles. The summed E-state index contributed by atoms with van der Waals surface area (Å²) in [5.74, 6) is -7.73. The molecule has 3 aliphatic heterocycles. The number of ether oxygens (including phenoxy) is 6. The Morgan fingerprint density at radius 3 is 2.22 bits per heavy atom. The Morgan fingerprint density at radius 2 is 1.73 bits per heavy atom. The maximum Gasteiger partial charge on any atom is 0.364 e. The minimum atomic E-state index is -2.82. The maximum atomic E-state index is 12.0. The highest BCUT2D eigenvalue weighted by atomic mass is 32.1. The first kappa shape index (κ1) is 39.9. The largest absolute Gasteiger partial charge is 0.477 e. The summed E-state index contributed by atoms with van der Waals surface area (Å²) in [6.45, 7) is 0.318. The first-order chi connectivity index (χ1) is 21.1. The van der Waals surface area contributed by atoms with Gasteiger partial charge in [-0.05, 0) is 0 Å². The van der Waals surface area contributed by atoms with Crippen LogP contribution in [0.5, 0.6) is 0 Å². The van der Waals surface area contributed by atoms with Gasteiger partial charge < -0.3 is 84.8 Å². The van der Waals surface area contributed by atoms with E-state index in [9.17, 15) is 45.3 Å². The number of hydrogen-bond donors (Lipinski definition) is 12. The molecule has 3 rings (SSSR count). The number of aliphatic carboxylic acids is 1. The van der Waals surface area contributed by atoms with E-state index in [0.717, 1.165) is 0 Å². The normalized spacial score (nSPS) is 40.4. The van der Waals surface area contributed by atoms with Crippen molar-refractivity contribution >= 4 is 24.5 Å². The third-order valence-corrected chi connectivity index (χ3v) is 7.39. The summed E-state index contributed by atoms with van der Waals surface area (Å²) in [4.78, 5) is 23.7. The average Bonchev–Trinajstić information content (AvgIpc) is 3.00. The fourth-order valence-electron chi connectivity index (χ4n) is 4.62. The Bertz CT molecular complexity index is 932. The topological polar surface area (TPSA) is 304 Å². The van der Waals surface area contributed by atoms with Gasteiger partial charge in [-0.1, -0.05) is 6.92 Å². The third kappa shape index (κ3) is 10.1. The summed E-state index contributed by atoms with van der Waals surface area (Å²) in [5.41, 5.74) is 0. The molecule has 0 aliphatic carbocycles. The van der Waals surface area contributed by atoms with Crippen LogP contribution in [0.1, 0.15) is 20.3 Å². The number of carboxylic acid groups (broad SMARTS) is 1. The van der Waals surface area contributed by atoms with Crippen LogP contribution in [0.2, 0.25) is 0 Å². The fourth-order valence-corrected chi connectivity index (χ4v) is 4.73. The van der Waals surface area contributed by atoms with Crippen LogP contribution in [0.3, 0.4) is 0 Å². The third-order valence-electron chi connectivity index (χ3n) is 7.21. The van der Waals surface area contributed by atoms with Crippen molar-refractivity contribution in [1.29, 1.82) is 0 Å². The Hall–Kier alpha value is -1.31. The van der Waals surface area contributed by atoms with Crippen molar-refractivity contribution in [3.63, 3.8) is 0 Å². The van der Waals surface area contributed by atoms with Crippen molar-refractivity contribution < 1.29 is 89.1 Å². The molecule has 45 heavy (non-hydrogen) atoms. The Labute approximate surface area is 263 Å². The lowest BCUT2D eigenvalue weighted by molar-refractivity contribution is -0.428. The zero-order valence-corrected chi connectivity index (χ0v) is 25.6. The van der Waals surface area contributed by atoms with Crippen LogP contribution in [0.25, 0.3) is 0 Å². The summed E-state index contributed by atoms with van der Waals surface area (Å²) in [7, 11) is 0. The lowest BCUT2D eigenvalue weighted by atomic mass is 9.93. The van der Waals surface area contributed by atoms with Crippen LogP contribution in [-0.4, -0.2) is 181 Å². The van der Waals surface area contributed by atoms with Crippen LogP contribution < -0.4 is 5.32 Å². The van der Waals surface area contributed by atoms with Crippen molar-refractivity contribution in [3.8, 4) is 0 Å². The summed E-state index contributed by atoms with van der Waals surface area (Å²) in [5, 5.41) is 99.6. The summed E-state index contributed by atoms with van der Waals surface area (Å²) in [6, 6.07) is -1.17. The van der Waals surface area contributed by atoms with Gasteiger partial charge in [0.25, 0.3) is 5.79 Å². The van der Waals surface area contributed by atoms with E-state index in [1.54, 1.807) is 6.92 Å². The predicted molar refractivity (Wildman–Crippen MR) is 148 cm³/mol.